The van der Waals surface area contributed by atoms with E-state index in [1.54, 1.807) is 24.3 Å². The Labute approximate surface area is 119 Å². The molecule has 0 aromatic heterocycles. The summed E-state index contributed by atoms with van der Waals surface area (Å²) >= 11 is 0. The van der Waals surface area contributed by atoms with Gasteiger partial charge in [0.2, 0.25) is 0 Å². The second kappa shape index (κ2) is 6.20. The van der Waals surface area contributed by atoms with Crippen molar-refractivity contribution in [1.29, 1.82) is 0 Å². The van der Waals surface area contributed by atoms with Gasteiger partial charge in [0.1, 0.15) is 0 Å². The van der Waals surface area contributed by atoms with E-state index in [9.17, 15) is 13.5 Å². The monoisotopic (exact) mass is 290 g/mol. The van der Waals surface area contributed by atoms with E-state index < -0.39 is 15.1 Å². The Bertz CT molecular complexity index is 646. The van der Waals surface area contributed by atoms with Crippen molar-refractivity contribution in [2.24, 2.45) is 0 Å². The van der Waals surface area contributed by atoms with Gasteiger partial charge in [-0.15, -0.1) is 0 Å². The van der Waals surface area contributed by atoms with E-state index in [4.69, 9.17) is 0 Å². The largest absolute Gasteiger partial charge is 0.395 e. The number of hydrogen-bond acceptors (Lipinski definition) is 3. The molecule has 0 saturated heterocycles. The lowest BCUT2D eigenvalue weighted by atomic mass is 10.1. The summed E-state index contributed by atoms with van der Waals surface area (Å²) in [6.07, 6.45) is 0.313. The molecular weight excluding hydrogens is 272 g/mol. The summed E-state index contributed by atoms with van der Waals surface area (Å²) in [4.78, 5) is 0.262. The maximum absolute atomic E-state index is 12.5. The third kappa shape index (κ3) is 3.26. The first-order chi connectivity index (χ1) is 9.54. The van der Waals surface area contributed by atoms with Crippen molar-refractivity contribution < 1.29 is 13.5 Å². The van der Waals surface area contributed by atoms with Gasteiger partial charge in [-0.2, -0.15) is 0 Å². The van der Waals surface area contributed by atoms with Crippen LogP contribution >= 0.6 is 0 Å². The molecule has 0 bridgehead atoms. The average molecular weight is 290 g/mol. The van der Waals surface area contributed by atoms with Crippen LogP contribution in [0.1, 0.15) is 11.1 Å². The van der Waals surface area contributed by atoms with Crippen LogP contribution in [0.2, 0.25) is 0 Å². The Morgan fingerprint density at radius 3 is 2.15 bits per heavy atom. The van der Waals surface area contributed by atoms with E-state index >= 15 is 0 Å². The van der Waals surface area contributed by atoms with E-state index in [1.165, 1.54) is 0 Å². The Morgan fingerprint density at radius 2 is 1.60 bits per heavy atom. The van der Waals surface area contributed by atoms with Crippen molar-refractivity contribution in [3.8, 4) is 0 Å². The van der Waals surface area contributed by atoms with E-state index in [1.807, 2.05) is 37.3 Å². The van der Waals surface area contributed by atoms with Gasteiger partial charge in [-0.25, -0.2) is 8.42 Å². The fraction of sp³-hybridized carbons (Fsp3) is 0.250. The Hall–Kier alpha value is -1.65. The summed E-state index contributed by atoms with van der Waals surface area (Å²) in [6, 6.07) is 16.1. The second-order valence-corrected chi connectivity index (χ2v) is 7.08. The van der Waals surface area contributed by atoms with Crippen LogP contribution in [0.15, 0.2) is 59.5 Å². The molecule has 0 amide bonds. The molecule has 0 saturated carbocycles. The van der Waals surface area contributed by atoms with Crippen LogP contribution in [-0.2, 0) is 16.3 Å². The van der Waals surface area contributed by atoms with Crippen LogP contribution < -0.4 is 0 Å². The van der Waals surface area contributed by atoms with Gasteiger partial charge in [0.05, 0.1) is 16.8 Å². The predicted octanol–water partition coefficient (Wildman–Crippen LogP) is 2.37. The highest BCUT2D eigenvalue weighted by Crippen LogP contribution is 2.19. The van der Waals surface area contributed by atoms with Crippen LogP contribution in [0.3, 0.4) is 0 Å². The van der Waals surface area contributed by atoms with Gasteiger partial charge in [-0.3, -0.25) is 0 Å². The number of benzene rings is 2. The number of aliphatic hydroxyl groups is 1. The number of aliphatic hydroxyl groups excluding tert-OH is 1. The molecule has 2 rings (SSSR count). The van der Waals surface area contributed by atoms with Crippen molar-refractivity contribution in [2.45, 2.75) is 23.5 Å². The van der Waals surface area contributed by atoms with E-state index in [0.717, 1.165) is 11.1 Å². The second-order valence-electron chi connectivity index (χ2n) is 4.85. The Kier molecular flexibility index (Phi) is 4.57. The predicted molar refractivity (Wildman–Crippen MR) is 79.4 cm³/mol. The van der Waals surface area contributed by atoms with E-state index in [-0.39, 0.29) is 11.5 Å². The lowest BCUT2D eigenvalue weighted by Gasteiger charge is -2.15. The molecular formula is C16H18O3S. The third-order valence-electron chi connectivity index (χ3n) is 3.30. The molecule has 0 heterocycles. The van der Waals surface area contributed by atoms with Gasteiger partial charge in [0.25, 0.3) is 0 Å². The molecule has 3 nitrogen and oxygen atoms in total. The minimum Gasteiger partial charge on any atom is -0.395 e. The van der Waals surface area contributed by atoms with Crippen molar-refractivity contribution in [2.75, 3.05) is 6.61 Å². The van der Waals surface area contributed by atoms with Crippen LogP contribution in [0.25, 0.3) is 0 Å². The molecule has 1 N–H and O–H groups in total. The van der Waals surface area contributed by atoms with Gasteiger partial charge in [-0.1, -0.05) is 48.0 Å². The molecule has 0 aliphatic heterocycles. The first kappa shape index (κ1) is 14.8. The Morgan fingerprint density at radius 1 is 1.00 bits per heavy atom. The first-order valence-corrected chi connectivity index (χ1v) is 8.04. The summed E-state index contributed by atoms with van der Waals surface area (Å²) in [5.74, 6) is 0. The topological polar surface area (TPSA) is 54.4 Å². The summed E-state index contributed by atoms with van der Waals surface area (Å²) in [5.41, 5.74) is 1.91. The fourth-order valence-electron chi connectivity index (χ4n) is 2.07. The fourth-order valence-corrected chi connectivity index (χ4v) is 3.58. The summed E-state index contributed by atoms with van der Waals surface area (Å²) in [6.45, 7) is 1.52. The molecule has 1 unspecified atom stereocenters. The lowest BCUT2D eigenvalue weighted by Crippen LogP contribution is -2.27. The zero-order valence-corrected chi connectivity index (χ0v) is 12.2. The molecule has 20 heavy (non-hydrogen) atoms. The van der Waals surface area contributed by atoms with Crippen molar-refractivity contribution in [3.05, 3.63) is 65.7 Å². The van der Waals surface area contributed by atoms with Crippen molar-refractivity contribution in [1.82, 2.24) is 0 Å². The summed E-state index contributed by atoms with van der Waals surface area (Å²) < 4.78 is 25.0. The Balaban J connectivity index is 2.28. The van der Waals surface area contributed by atoms with E-state index in [0.29, 0.717) is 6.42 Å². The summed E-state index contributed by atoms with van der Waals surface area (Å²) in [7, 11) is -3.52. The molecule has 4 heteroatoms. The lowest BCUT2D eigenvalue weighted by molar-refractivity contribution is 0.289. The quantitative estimate of drug-likeness (QED) is 0.920. The highest BCUT2D eigenvalue weighted by atomic mass is 32.2. The maximum Gasteiger partial charge on any atom is 0.183 e. The van der Waals surface area contributed by atoms with Crippen LogP contribution in [0, 0.1) is 6.92 Å². The zero-order valence-electron chi connectivity index (χ0n) is 11.4. The van der Waals surface area contributed by atoms with Crippen molar-refractivity contribution >= 4 is 9.84 Å². The maximum atomic E-state index is 12.5. The smallest absolute Gasteiger partial charge is 0.183 e. The standard InChI is InChI=1S/C16H18O3S/c1-13-7-9-15(10-8-13)20(18,19)16(12-17)11-14-5-3-2-4-6-14/h2-10,16-17H,11-12H2,1H3. The summed E-state index contributed by atoms with van der Waals surface area (Å²) in [5, 5.41) is 8.65. The van der Waals surface area contributed by atoms with Crippen LogP contribution in [0.4, 0.5) is 0 Å². The molecule has 2 aromatic carbocycles. The van der Waals surface area contributed by atoms with Crippen LogP contribution in [-0.4, -0.2) is 25.4 Å². The van der Waals surface area contributed by atoms with Gasteiger partial charge in [-0.05, 0) is 31.0 Å². The normalized spacial score (nSPS) is 13.1. The highest BCUT2D eigenvalue weighted by molar-refractivity contribution is 7.92. The number of aryl methyl sites for hydroxylation is 1. The molecule has 106 valence electrons. The van der Waals surface area contributed by atoms with Gasteiger partial charge >= 0.3 is 0 Å². The molecule has 1 atom stereocenters. The molecule has 0 aliphatic rings. The molecule has 0 aliphatic carbocycles. The van der Waals surface area contributed by atoms with Crippen LogP contribution in [0.5, 0.6) is 0 Å². The number of sulfone groups is 1. The molecule has 0 fully saturated rings. The minimum atomic E-state index is -3.52. The molecule has 2 aromatic rings. The zero-order chi connectivity index (χ0) is 14.6. The highest BCUT2D eigenvalue weighted by Gasteiger charge is 2.26. The number of hydrogen-bond donors (Lipinski definition) is 1. The van der Waals surface area contributed by atoms with Gasteiger partial charge in [0, 0.05) is 0 Å². The average Bonchev–Trinajstić information content (AvgIpc) is 2.46. The number of rotatable bonds is 5. The SMILES string of the molecule is Cc1ccc(S(=O)(=O)C(CO)Cc2ccccc2)cc1. The first-order valence-electron chi connectivity index (χ1n) is 6.49. The van der Waals surface area contributed by atoms with Gasteiger partial charge < -0.3 is 5.11 Å². The third-order valence-corrected chi connectivity index (χ3v) is 5.42. The van der Waals surface area contributed by atoms with Crippen molar-refractivity contribution in [3.63, 3.8) is 0 Å². The minimum absolute atomic E-state index is 0.262. The van der Waals surface area contributed by atoms with E-state index in [2.05, 4.69) is 0 Å². The molecule has 0 spiro atoms. The van der Waals surface area contributed by atoms with Gasteiger partial charge in [0.15, 0.2) is 9.84 Å². The molecule has 0 radical (unpaired) electrons.